The molecule has 1 unspecified atom stereocenters. The molecule has 1 saturated carbocycles. The lowest BCUT2D eigenvalue weighted by Gasteiger charge is -2.10. The van der Waals surface area contributed by atoms with Gasteiger partial charge in [-0.15, -0.1) is 0 Å². The van der Waals surface area contributed by atoms with Crippen molar-refractivity contribution < 1.29 is 9.90 Å². The number of carbonyl (C=O) groups is 1. The van der Waals surface area contributed by atoms with E-state index in [4.69, 9.17) is 11.6 Å². The summed E-state index contributed by atoms with van der Waals surface area (Å²) in [4.78, 5) is 12.1. The summed E-state index contributed by atoms with van der Waals surface area (Å²) in [5.41, 5.74) is 0.216. The Balaban J connectivity index is 1.96. The summed E-state index contributed by atoms with van der Waals surface area (Å²) in [5, 5.41) is 12.8. The standard InChI is InChI=1S/C12H13BrClNO2/c13-10(7-1-2-7)6-15-12(17)9-5-8(14)3-4-11(9)16/h3-5,7,10,16H,1-2,6H2,(H,15,17). The molecule has 1 atom stereocenters. The summed E-state index contributed by atoms with van der Waals surface area (Å²) in [5.74, 6) is 0.322. The van der Waals surface area contributed by atoms with Crippen molar-refractivity contribution in [2.75, 3.05) is 6.54 Å². The minimum atomic E-state index is -0.296. The topological polar surface area (TPSA) is 49.3 Å². The van der Waals surface area contributed by atoms with Gasteiger partial charge >= 0.3 is 0 Å². The Morgan fingerprint density at radius 3 is 2.94 bits per heavy atom. The lowest BCUT2D eigenvalue weighted by Crippen LogP contribution is -2.30. The first-order chi connectivity index (χ1) is 8.08. The number of benzene rings is 1. The first-order valence-electron chi connectivity index (χ1n) is 5.48. The number of halogens is 2. The second-order valence-electron chi connectivity index (χ2n) is 4.22. The number of alkyl halides is 1. The number of phenols is 1. The third-order valence-corrected chi connectivity index (χ3v) is 4.10. The fourth-order valence-corrected chi connectivity index (χ4v) is 2.46. The number of aromatic hydroxyl groups is 1. The summed E-state index contributed by atoms with van der Waals surface area (Å²) in [6.07, 6.45) is 2.43. The Morgan fingerprint density at radius 2 is 2.29 bits per heavy atom. The largest absolute Gasteiger partial charge is 0.507 e. The monoisotopic (exact) mass is 317 g/mol. The highest BCUT2D eigenvalue weighted by atomic mass is 79.9. The zero-order valence-electron chi connectivity index (χ0n) is 9.12. The van der Waals surface area contributed by atoms with Crippen molar-refractivity contribution in [3.05, 3.63) is 28.8 Å². The maximum atomic E-state index is 11.8. The normalized spacial score (nSPS) is 16.6. The molecular weight excluding hydrogens is 305 g/mol. The number of carbonyl (C=O) groups excluding carboxylic acids is 1. The van der Waals surface area contributed by atoms with Gasteiger partial charge in [-0.1, -0.05) is 27.5 Å². The number of hydrogen-bond acceptors (Lipinski definition) is 2. The van der Waals surface area contributed by atoms with E-state index in [1.54, 1.807) is 6.07 Å². The Labute approximate surface area is 113 Å². The van der Waals surface area contributed by atoms with Gasteiger partial charge in [0.2, 0.25) is 0 Å². The lowest BCUT2D eigenvalue weighted by molar-refractivity contribution is 0.0951. The van der Waals surface area contributed by atoms with Gasteiger partial charge in [0, 0.05) is 16.4 Å². The van der Waals surface area contributed by atoms with Gasteiger partial charge in [-0.2, -0.15) is 0 Å². The highest BCUT2D eigenvalue weighted by molar-refractivity contribution is 9.09. The van der Waals surface area contributed by atoms with Gasteiger partial charge in [0.15, 0.2) is 0 Å². The number of rotatable bonds is 4. The van der Waals surface area contributed by atoms with E-state index < -0.39 is 0 Å². The Bertz CT molecular complexity index is 435. The Kier molecular flexibility index (Phi) is 3.94. The molecule has 1 amide bonds. The molecule has 1 aromatic rings. The summed E-state index contributed by atoms with van der Waals surface area (Å²) >= 11 is 9.32. The predicted octanol–water partition coefficient (Wildman–Crippen LogP) is 2.95. The minimum absolute atomic E-state index is 0.0514. The van der Waals surface area contributed by atoms with Crippen LogP contribution in [0.3, 0.4) is 0 Å². The molecule has 92 valence electrons. The van der Waals surface area contributed by atoms with Crippen LogP contribution >= 0.6 is 27.5 Å². The van der Waals surface area contributed by atoms with E-state index in [0.717, 1.165) is 0 Å². The number of phenolic OH excluding ortho intramolecular Hbond substituents is 1. The molecule has 0 radical (unpaired) electrons. The van der Waals surface area contributed by atoms with Gasteiger partial charge < -0.3 is 10.4 Å². The fraction of sp³-hybridized carbons (Fsp3) is 0.417. The molecule has 1 aromatic carbocycles. The molecule has 0 aliphatic heterocycles. The van der Waals surface area contributed by atoms with E-state index in [9.17, 15) is 9.90 Å². The van der Waals surface area contributed by atoms with Gasteiger partial charge in [0.1, 0.15) is 5.75 Å². The molecule has 2 N–H and O–H groups in total. The van der Waals surface area contributed by atoms with Crippen molar-refractivity contribution in [2.24, 2.45) is 5.92 Å². The van der Waals surface area contributed by atoms with Crippen LogP contribution < -0.4 is 5.32 Å². The van der Waals surface area contributed by atoms with Crippen LogP contribution in [0.2, 0.25) is 5.02 Å². The van der Waals surface area contributed by atoms with Crippen LogP contribution in [0.5, 0.6) is 5.75 Å². The van der Waals surface area contributed by atoms with E-state index >= 15 is 0 Å². The van der Waals surface area contributed by atoms with Gasteiger partial charge in [-0.3, -0.25) is 4.79 Å². The summed E-state index contributed by atoms with van der Waals surface area (Å²) in [6.45, 7) is 0.565. The molecule has 0 saturated heterocycles. The van der Waals surface area contributed by atoms with E-state index in [-0.39, 0.29) is 17.2 Å². The van der Waals surface area contributed by atoms with Crippen LogP contribution in [0, 0.1) is 5.92 Å². The molecule has 17 heavy (non-hydrogen) atoms. The molecule has 0 spiro atoms. The molecule has 3 nitrogen and oxygen atoms in total. The SMILES string of the molecule is O=C(NCC(Br)C1CC1)c1cc(Cl)ccc1O. The van der Waals surface area contributed by atoms with Crippen molar-refractivity contribution in [3.63, 3.8) is 0 Å². The third-order valence-electron chi connectivity index (χ3n) is 2.79. The smallest absolute Gasteiger partial charge is 0.255 e. The molecule has 1 aliphatic carbocycles. The molecule has 2 rings (SSSR count). The van der Waals surface area contributed by atoms with Crippen molar-refractivity contribution in [1.82, 2.24) is 5.32 Å². The second kappa shape index (κ2) is 5.27. The quantitative estimate of drug-likeness (QED) is 0.839. The molecule has 0 bridgehead atoms. The number of hydrogen-bond donors (Lipinski definition) is 2. The van der Waals surface area contributed by atoms with E-state index in [1.807, 2.05) is 0 Å². The third kappa shape index (κ3) is 3.36. The minimum Gasteiger partial charge on any atom is -0.507 e. The summed E-state index contributed by atoms with van der Waals surface area (Å²) < 4.78 is 0. The van der Waals surface area contributed by atoms with Crippen LogP contribution in [0.4, 0.5) is 0 Å². The van der Waals surface area contributed by atoms with Crippen LogP contribution in [0.1, 0.15) is 23.2 Å². The number of nitrogens with one attached hydrogen (secondary N) is 1. The van der Waals surface area contributed by atoms with Crippen molar-refractivity contribution in [3.8, 4) is 5.75 Å². The Hall–Kier alpha value is -0.740. The van der Waals surface area contributed by atoms with Gasteiger partial charge in [-0.05, 0) is 37.0 Å². The van der Waals surface area contributed by atoms with E-state index in [2.05, 4.69) is 21.2 Å². The van der Waals surface area contributed by atoms with Crippen LogP contribution in [-0.2, 0) is 0 Å². The first-order valence-corrected chi connectivity index (χ1v) is 6.78. The first kappa shape index (κ1) is 12.7. The zero-order valence-corrected chi connectivity index (χ0v) is 11.5. The van der Waals surface area contributed by atoms with Gasteiger partial charge in [0.25, 0.3) is 5.91 Å². The molecule has 1 aliphatic rings. The molecule has 1 fully saturated rings. The van der Waals surface area contributed by atoms with Gasteiger partial charge in [-0.25, -0.2) is 0 Å². The summed E-state index contributed by atoms with van der Waals surface area (Å²) in [6, 6.07) is 4.43. The maximum absolute atomic E-state index is 11.8. The second-order valence-corrected chi connectivity index (χ2v) is 5.84. The van der Waals surface area contributed by atoms with E-state index in [1.165, 1.54) is 25.0 Å². The van der Waals surface area contributed by atoms with Crippen LogP contribution in [-0.4, -0.2) is 22.4 Å². The van der Waals surface area contributed by atoms with Crippen molar-refractivity contribution in [1.29, 1.82) is 0 Å². The molecular formula is C12H13BrClNO2. The van der Waals surface area contributed by atoms with Crippen molar-refractivity contribution in [2.45, 2.75) is 17.7 Å². The molecule has 0 heterocycles. The highest BCUT2D eigenvalue weighted by Crippen LogP contribution is 2.36. The van der Waals surface area contributed by atoms with Gasteiger partial charge in [0.05, 0.1) is 5.56 Å². The van der Waals surface area contributed by atoms with Crippen LogP contribution in [0.15, 0.2) is 18.2 Å². The average Bonchev–Trinajstić information content (AvgIpc) is 3.12. The zero-order chi connectivity index (χ0) is 12.4. The molecule has 0 aromatic heterocycles. The Morgan fingerprint density at radius 1 is 1.59 bits per heavy atom. The fourth-order valence-electron chi connectivity index (χ4n) is 1.60. The van der Waals surface area contributed by atoms with Crippen molar-refractivity contribution >= 4 is 33.4 Å². The average molecular weight is 319 g/mol. The number of amides is 1. The molecule has 5 heteroatoms. The summed E-state index contributed by atoms with van der Waals surface area (Å²) in [7, 11) is 0. The van der Waals surface area contributed by atoms with E-state index in [0.29, 0.717) is 22.3 Å². The van der Waals surface area contributed by atoms with Crippen LogP contribution in [0.25, 0.3) is 0 Å². The highest BCUT2D eigenvalue weighted by Gasteiger charge is 2.29. The maximum Gasteiger partial charge on any atom is 0.255 e. The predicted molar refractivity (Wildman–Crippen MR) is 70.9 cm³/mol. The lowest BCUT2D eigenvalue weighted by atomic mass is 10.2.